The number of nitrogens with zero attached hydrogens (tertiary/aromatic N) is 4. The van der Waals surface area contributed by atoms with Gasteiger partial charge in [-0.05, 0) is 31.2 Å². The van der Waals surface area contributed by atoms with Crippen LogP contribution in [-0.2, 0) is 6.54 Å². The van der Waals surface area contributed by atoms with E-state index in [0.29, 0.717) is 5.16 Å². The van der Waals surface area contributed by atoms with Crippen LogP contribution in [0.15, 0.2) is 28.6 Å². The molecule has 0 amide bonds. The summed E-state index contributed by atoms with van der Waals surface area (Å²) in [6.45, 7) is 4.88. The molecule has 0 radical (unpaired) electrons. The second-order valence-electron chi connectivity index (χ2n) is 3.66. The van der Waals surface area contributed by atoms with Gasteiger partial charge in [-0.2, -0.15) is 5.10 Å². The molecule has 2 heterocycles. The fourth-order valence-corrected chi connectivity index (χ4v) is 2.36. The Balaban J connectivity index is 2.31. The van der Waals surface area contributed by atoms with Gasteiger partial charge in [-0.15, -0.1) is 0 Å². The standard InChI is InChI=1S/C11H15N5S/c1-3-7-16-10(9(12)8(2)15-16)17-11-13-5-4-6-14-11/h4-6H,3,7,12H2,1-2H3. The fraction of sp³-hybridized carbons (Fsp3) is 0.364. The Labute approximate surface area is 104 Å². The Hall–Kier alpha value is -1.56. The second kappa shape index (κ2) is 5.18. The van der Waals surface area contributed by atoms with E-state index < -0.39 is 0 Å². The number of rotatable bonds is 4. The van der Waals surface area contributed by atoms with E-state index in [-0.39, 0.29) is 0 Å². The highest BCUT2D eigenvalue weighted by atomic mass is 32.2. The maximum Gasteiger partial charge on any atom is 0.193 e. The minimum absolute atomic E-state index is 0.691. The van der Waals surface area contributed by atoms with Gasteiger partial charge < -0.3 is 5.73 Å². The molecule has 0 unspecified atom stereocenters. The molecule has 0 saturated heterocycles. The van der Waals surface area contributed by atoms with Crippen LogP contribution in [0.4, 0.5) is 5.69 Å². The van der Waals surface area contributed by atoms with Crippen LogP contribution in [0, 0.1) is 6.92 Å². The van der Waals surface area contributed by atoms with Gasteiger partial charge in [0.2, 0.25) is 0 Å². The third kappa shape index (κ3) is 2.58. The number of anilines is 1. The number of nitrogens with two attached hydrogens (primary N) is 1. The molecule has 6 heteroatoms. The molecular formula is C11H15N5S. The van der Waals surface area contributed by atoms with E-state index in [1.807, 2.05) is 11.6 Å². The molecule has 0 aliphatic heterocycles. The molecule has 2 N–H and O–H groups in total. The second-order valence-corrected chi connectivity index (χ2v) is 4.62. The van der Waals surface area contributed by atoms with E-state index in [9.17, 15) is 0 Å². The van der Waals surface area contributed by atoms with E-state index in [4.69, 9.17) is 5.73 Å². The lowest BCUT2D eigenvalue weighted by Gasteiger charge is -2.05. The molecule has 17 heavy (non-hydrogen) atoms. The van der Waals surface area contributed by atoms with Crippen LogP contribution < -0.4 is 5.73 Å². The maximum absolute atomic E-state index is 6.02. The molecule has 2 aromatic rings. The lowest BCUT2D eigenvalue weighted by atomic mass is 10.4. The zero-order valence-electron chi connectivity index (χ0n) is 9.92. The monoisotopic (exact) mass is 249 g/mol. The van der Waals surface area contributed by atoms with Crippen molar-refractivity contribution in [3.8, 4) is 0 Å². The van der Waals surface area contributed by atoms with Crippen molar-refractivity contribution in [3.05, 3.63) is 24.2 Å². The molecule has 0 bridgehead atoms. The van der Waals surface area contributed by atoms with Crippen LogP contribution in [0.25, 0.3) is 0 Å². The van der Waals surface area contributed by atoms with Gasteiger partial charge in [-0.25, -0.2) is 9.97 Å². The van der Waals surface area contributed by atoms with Gasteiger partial charge in [0.1, 0.15) is 5.03 Å². The Morgan fingerprint density at radius 2 is 2.06 bits per heavy atom. The van der Waals surface area contributed by atoms with E-state index in [1.54, 1.807) is 18.5 Å². The first kappa shape index (κ1) is 11.9. The predicted molar refractivity (Wildman–Crippen MR) is 67.8 cm³/mol. The van der Waals surface area contributed by atoms with Gasteiger partial charge in [-0.3, -0.25) is 4.68 Å². The van der Waals surface area contributed by atoms with Crippen LogP contribution in [0.1, 0.15) is 19.0 Å². The molecule has 90 valence electrons. The van der Waals surface area contributed by atoms with E-state index in [1.165, 1.54) is 11.8 Å². The van der Waals surface area contributed by atoms with Gasteiger partial charge in [0.15, 0.2) is 5.16 Å². The van der Waals surface area contributed by atoms with Crippen molar-refractivity contribution < 1.29 is 0 Å². The van der Waals surface area contributed by atoms with Gasteiger partial charge >= 0.3 is 0 Å². The predicted octanol–water partition coefficient (Wildman–Crippen LogP) is 2.12. The summed E-state index contributed by atoms with van der Waals surface area (Å²) in [5.41, 5.74) is 7.60. The van der Waals surface area contributed by atoms with Crippen LogP contribution in [-0.4, -0.2) is 19.7 Å². The Bertz CT molecular complexity index is 494. The van der Waals surface area contributed by atoms with Gasteiger partial charge in [0.05, 0.1) is 11.4 Å². The SMILES string of the molecule is CCCn1nc(C)c(N)c1Sc1ncccn1. The molecule has 0 spiro atoms. The smallest absolute Gasteiger partial charge is 0.193 e. The Morgan fingerprint density at radius 3 is 2.71 bits per heavy atom. The third-order valence-electron chi connectivity index (χ3n) is 2.29. The number of aryl methyl sites for hydroxylation is 2. The summed E-state index contributed by atoms with van der Waals surface area (Å²) in [5.74, 6) is 0. The number of aromatic nitrogens is 4. The molecule has 0 aliphatic rings. The molecule has 0 aliphatic carbocycles. The molecule has 0 aromatic carbocycles. The third-order valence-corrected chi connectivity index (χ3v) is 3.31. The minimum atomic E-state index is 0.691. The van der Waals surface area contributed by atoms with Crippen molar-refractivity contribution in [3.63, 3.8) is 0 Å². The zero-order chi connectivity index (χ0) is 12.3. The largest absolute Gasteiger partial charge is 0.395 e. The summed E-state index contributed by atoms with van der Waals surface area (Å²) in [6, 6.07) is 1.79. The van der Waals surface area contributed by atoms with E-state index in [2.05, 4.69) is 22.0 Å². The minimum Gasteiger partial charge on any atom is -0.395 e. The van der Waals surface area contributed by atoms with Crippen molar-refractivity contribution in [2.24, 2.45) is 0 Å². The zero-order valence-corrected chi connectivity index (χ0v) is 10.7. The fourth-order valence-electron chi connectivity index (χ4n) is 1.47. The highest BCUT2D eigenvalue weighted by molar-refractivity contribution is 7.99. The van der Waals surface area contributed by atoms with Gasteiger partial charge in [0, 0.05) is 18.9 Å². The highest BCUT2D eigenvalue weighted by Gasteiger charge is 2.14. The Kier molecular flexibility index (Phi) is 3.63. The molecule has 2 rings (SSSR count). The average molecular weight is 249 g/mol. The number of nitrogen functional groups attached to an aromatic ring is 1. The lowest BCUT2D eigenvalue weighted by Crippen LogP contribution is -2.01. The Morgan fingerprint density at radius 1 is 1.35 bits per heavy atom. The highest BCUT2D eigenvalue weighted by Crippen LogP contribution is 2.31. The number of hydrogen-bond acceptors (Lipinski definition) is 5. The van der Waals surface area contributed by atoms with Gasteiger partial charge in [-0.1, -0.05) is 6.92 Å². The molecule has 2 aromatic heterocycles. The summed E-state index contributed by atoms with van der Waals surface area (Å²) in [4.78, 5) is 8.36. The molecule has 0 fully saturated rings. The van der Waals surface area contributed by atoms with Crippen molar-refractivity contribution in [1.29, 1.82) is 0 Å². The van der Waals surface area contributed by atoms with Crippen molar-refractivity contribution >= 4 is 17.4 Å². The summed E-state index contributed by atoms with van der Waals surface area (Å²) >= 11 is 1.45. The van der Waals surface area contributed by atoms with E-state index >= 15 is 0 Å². The van der Waals surface area contributed by atoms with Crippen LogP contribution in [0.2, 0.25) is 0 Å². The molecular weight excluding hydrogens is 234 g/mol. The summed E-state index contributed by atoms with van der Waals surface area (Å²) in [7, 11) is 0. The summed E-state index contributed by atoms with van der Waals surface area (Å²) < 4.78 is 1.92. The van der Waals surface area contributed by atoms with Crippen molar-refractivity contribution in [2.75, 3.05) is 5.73 Å². The first-order valence-corrected chi connectivity index (χ1v) is 6.31. The lowest BCUT2D eigenvalue weighted by molar-refractivity contribution is 0.555. The van der Waals surface area contributed by atoms with Crippen molar-refractivity contribution in [1.82, 2.24) is 19.7 Å². The first-order valence-electron chi connectivity index (χ1n) is 5.50. The summed E-state index contributed by atoms with van der Waals surface area (Å²) in [5, 5.41) is 6.03. The topological polar surface area (TPSA) is 69.6 Å². The number of hydrogen-bond donors (Lipinski definition) is 1. The van der Waals surface area contributed by atoms with Crippen LogP contribution in [0.5, 0.6) is 0 Å². The summed E-state index contributed by atoms with van der Waals surface area (Å²) in [6.07, 6.45) is 4.46. The first-order chi connectivity index (χ1) is 8.22. The van der Waals surface area contributed by atoms with Crippen LogP contribution >= 0.6 is 11.8 Å². The van der Waals surface area contributed by atoms with E-state index in [0.717, 1.165) is 29.4 Å². The maximum atomic E-state index is 6.02. The van der Waals surface area contributed by atoms with Crippen molar-refractivity contribution in [2.45, 2.75) is 37.0 Å². The molecule has 5 nitrogen and oxygen atoms in total. The molecule has 0 saturated carbocycles. The quantitative estimate of drug-likeness (QED) is 0.840. The average Bonchev–Trinajstić information content (AvgIpc) is 2.59. The van der Waals surface area contributed by atoms with Crippen LogP contribution in [0.3, 0.4) is 0 Å². The normalized spacial score (nSPS) is 10.7. The van der Waals surface area contributed by atoms with Gasteiger partial charge in [0.25, 0.3) is 0 Å². The molecule has 0 atom stereocenters.